The van der Waals surface area contributed by atoms with E-state index in [1.807, 2.05) is 4.90 Å². The molecule has 2 saturated carbocycles. The molecule has 6 rings (SSSR count). The molecule has 0 aromatic heterocycles. The van der Waals surface area contributed by atoms with Gasteiger partial charge in [-0.1, -0.05) is 18.6 Å². The number of fused-ring (bicyclic) bond motifs is 1. The minimum absolute atomic E-state index is 0.0476. The van der Waals surface area contributed by atoms with Crippen molar-refractivity contribution in [1.29, 1.82) is 0 Å². The van der Waals surface area contributed by atoms with E-state index in [0.29, 0.717) is 34.1 Å². The zero-order chi connectivity index (χ0) is 17.9. The number of rotatable bonds is 3. The van der Waals surface area contributed by atoms with Gasteiger partial charge in [0.15, 0.2) is 9.84 Å². The second-order valence-electron chi connectivity index (χ2n) is 8.45. The summed E-state index contributed by atoms with van der Waals surface area (Å²) in [5.74, 6) is 2.55. The highest BCUT2D eigenvalue weighted by Gasteiger charge is 2.47. The van der Waals surface area contributed by atoms with Crippen LogP contribution in [0.25, 0.3) is 0 Å². The van der Waals surface area contributed by atoms with E-state index in [4.69, 9.17) is 0 Å². The third kappa shape index (κ3) is 2.47. The van der Waals surface area contributed by atoms with E-state index in [2.05, 4.69) is 12.2 Å². The van der Waals surface area contributed by atoms with Gasteiger partial charge in [-0.05, 0) is 73.6 Å². The molecule has 2 bridgehead atoms. The number of sulfone groups is 1. The van der Waals surface area contributed by atoms with E-state index >= 15 is 0 Å². The van der Waals surface area contributed by atoms with Gasteiger partial charge in [0.25, 0.3) is 5.91 Å². The van der Waals surface area contributed by atoms with Crippen LogP contribution < -0.4 is 0 Å². The average molecular weight is 372 g/mol. The first-order chi connectivity index (χ1) is 12.5. The minimum atomic E-state index is -3.22. The Balaban J connectivity index is 1.32. The summed E-state index contributed by atoms with van der Waals surface area (Å²) >= 11 is 0. The Labute approximate surface area is 155 Å². The molecule has 1 aromatic rings. The van der Waals surface area contributed by atoms with Gasteiger partial charge < -0.3 is 4.90 Å². The summed E-state index contributed by atoms with van der Waals surface area (Å²) in [4.78, 5) is 15.3. The minimum Gasteiger partial charge on any atom is -0.338 e. The van der Waals surface area contributed by atoms with E-state index in [1.54, 1.807) is 24.3 Å². The van der Waals surface area contributed by atoms with Crippen molar-refractivity contribution in [3.63, 3.8) is 0 Å². The van der Waals surface area contributed by atoms with Gasteiger partial charge in [0.2, 0.25) is 0 Å². The number of carbonyl (C=O) groups is 1. The van der Waals surface area contributed by atoms with Gasteiger partial charge in [-0.2, -0.15) is 0 Å². The predicted octanol–water partition coefficient (Wildman–Crippen LogP) is 3.30. The smallest absolute Gasteiger partial charge is 0.253 e. The molecule has 1 amide bonds. The second-order valence-corrected chi connectivity index (χ2v) is 10.7. The summed E-state index contributed by atoms with van der Waals surface area (Å²) in [5.41, 5.74) is 0.608. The van der Waals surface area contributed by atoms with Crippen molar-refractivity contribution in [3.8, 4) is 0 Å². The van der Waals surface area contributed by atoms with Crippen LogP contribution in [0.5, 0.6) is 0 Å². The van der Waals surface area contributed by atoms with Gasteiger partial charge in [-0.15, -0.1) is 0 Å². The number of benzene rings is 1. The van der Waals surface area contributed by atoms with Crippen LogP contribution in [0.2, 0.25) is 0 Å². The lowest BCUT2D eigenvalue weighted by atomic mass is 9.64. The first kappa shape index (κ1) is 16.5. The van der Waals surface area contributed by atoms with Gasteiger partial charge in [-0.25, -0.2) is 8.42 Å². The molecule has 5 aliphatic rings. The summed E-state index contributed by atoms with van der Waals surface area (Å²) in [6.45, 7) is 1.69. The van der Waals surface area contributed by atoms with Gasteiger partial charge in [0.1, 0.15) is 0 Å². The van der Waals surface area contributed by atoms with Gasteiger partial charge in [0, 0.05) is 18.7 Å². The lowest BCUT2D eigenvalue weighted by Crippen LogP contribution is -2.35. The van der Waals surface area contributed by atoms with Crippen LogP contribution in [0.15, 0.2) is 41.3 Å². The first-order valence-electron chi connectivity index (χ1n) is 9.85. The molecule has 3 fully saturated rings. The molecule has 4 aliphatic carbocycles. The Bertz CT molecular complexity index is 832. The van der Waals surface area contributed by atoms with E-state index < -0.39 is 9.84 Å². The SMILES string of the molecule is O=C(c1ccc(S(=O)(=O)C2CCC2)cc1)N1CC2C3C=CC(CC3)C2C1. The summed E-state index contributed by atoms with van der Waals surface area (Å²) in [6.07, 6.45) is 9.77. The number of amides is 1. The van der Waals surface area contributed by atoms with E-state index in [0.717, 1.165) is 32.4 Å². The molecule has 4 atom stereocenters. The summed E-state index contributed by atoms with van der Waals surface area (Å²) in [5, 5.41) is -0.228. The largest absolute Gasteiger partial charge is 0.338 e. The monoisotopic (exact) mass is 371 g/mol. The molecule has 5 heteroatoms. The number of carbonyl (C=O) groups excluding carboxylic acids is 1. The van der Waals surface area contributed by atoms with Crippen molar-refractivity contribution in [3.05, 3.63) is 42.0 Å². The molecule has 1 heterocycles. The molecule has 1 saturated heterocycles. The maximum atomic E-state index is 12.9. The van der Waals surface area contributed by atoms with Crippen molar-refractivity contribution >= 4 is 15.7 Å². The van der Waals surface area contributed by atoms with Crippen LogP contribution in [0.4, 0.5) is 0 Å². The maximum absolute atomic E-state index is 12.9. The van der Waals surface area contributed by atoms with Crippen LogP contribution in [0.1, 0.15) is 42.5 Å². The normalized spacial score (nSPS) is 33.2. The fraction of sp³-hybridized carbons (Fsp3) is 0.571. The second kappa shape index (κ2) is 5.95. The zero-order valence-electron chi connectivity index (χ0n) is 14.9. The maximum Gasteiger partial charge on any atom is 0.253 e. The zero-order valence-corrected chi connectivity index (χ0v) is 15.7. The molecule has 26 heavy (non-hydrogen) atoms. The number of hydrogen-bond acceptors (Lipinski definition) is 3. The molecule has 1 aliphatic heterocycles. The van der Waals surface area contributed by atoms with Crippen molar-refractivity contribution in [2.75, 3.05) is 13.1 Å². The Kier molecular flexibility index (Phi) is 3.78. The highest BCUT2D eigenvalue weighted by Crippen LogP contribution is 2.48. The van der Waals surface area contributed by atoms with Crippen LogP contribution in [0.3, 0.4) is 0 Å². The molecule has 0 radical (unpaired) electrons. The fourth-order valence-electron chi connectivity index (χ4n) is 5.35. The third-order valence-electron chi connectivity index (χ3n) is 7.16. The van der Waals surface area contributed by atoms with Crippen molar-refractivity contribution < 1.29 is 13.2 Å². The van der Waals surface area contributed by atoms with E-state index in [1.165, 1.54) is 12.8 Å². The number of nitrogens with zero attached hydrogens (tertiary/aromatic N) is 1. The lowest BCUT2D eigenvalue weighted by molar-refractivity contribution is 0.0782. The molecular formula is C21H25NO3S. The van der Waals surface area contributed by atoms with Crippen LogP contribution >= 0.6 is 0 Å². The summed E-state index contributed by atoms with van der Waals surface area (Å²) in [7, 11) is -3.22. The molecule has 0 N–H and O–H groups in total. The van der Waals surface area contributed by atoms with Crippen LogP contribution in [-0.2, 0) is 9.84 Å². The Morgan fingerprint density at radius 2 is 1.46 bits per heavy atom. The molecular weight excluding hydrogens is 346 g/mol. The van der Waals surface area contributed by atoms with Crippen molar-refractivity contribution in [1.82, 2.24) is 4.90 Å². The number of likely N-dealkylation sites (tertiary alicyclic amines) is 1. The Hall–Kier alpha value is -1.62. The van der Waals surface area contributed by atoms with Gasteiger partial charge in [-0.3, -0.25) is 4.79 Å². The predicted molar refractivity (Wildman–Crippen MR) is 99.5 cm³/mol. The highest BCUT2D eigenvalue weighted by atomic mass is 32.2. The van der Waals surface area contributed by atoms with Crippen molar-refractivity contribution in [2.45, 2.75) is 42.2 Å². The summed E-state index contributed by atoms with van der Waals surface area (Å²) in [6, 6.07) is 6.63. The number of allylic oxidation sites excluding steroid dienone is 2. The average Bonchev–Trinajstić information content (AvgIpc) is 3.08. The van der Waals surface area contributed by atoms with Gasteiger partial charge in [0.05, 0.1) is 10.1 Å². The topological polar surface area (TPSA) is 54.5 Å². The molecule has 4 unspecified atom stereocenters. The lowest BCUT2D eigenvalue weighted by Gasteiger charge is -2.40. The molecule has 1 aromatic carbocycles. The molecule has 0 spiro atoms. The van der Waals surface area contributed by atoms with E-state index in [9.17, 15) is 13.2 Å². The van der Waals surface area contributed by atoms with Gasteiger partial charge >= 0.3 is 0 Å². The standard InChI is InChI=1S/C21H25NO3S/c23-21(22-12-19-14-4-5-15(7-6-14)20(19)13-22)16-8-10-18(11-9-16)26(24,25)17-2-1-3-17/h4-5,8-11,14-15,17,19-20H,1-3,6-7,12-13H2. The van der Waals surface area contributed by atoms with E-state index in [-0.39, 0.29) is 11.2 Å². The summed E-state index contributed by atoms with van der Waals surface area (Å²) < 4.78 is 25.0. The fourth-order valence-corrected chi connectivity index (χ4v) is 7.20. The number of hydrogen-bond donors (Lipinski definition) is 0. The first-order valence-corrected chi connectivity index (χ1v) is 11.4. The molecule has 138 valence electrons. The molecule has 4 nitrogen and oxygen atoms in total. The van der Waals surface area contributed by atoms with Crippen LogP contribution in [0, 0.1) is 23.7 Å². The quantitative estimate of drug-likeness (QED) is 0.766. The Morgan fingerprint density at radius 1 is 0.885 bits per heavy atom. The highest BCUT2D eigenvalue weighted by molar-refractivity contribution is 7.92. The van der Waals surface area contributed by atoms with Crippen LogP contribution in [-0.4, -0.2) is 37.6 Å². The van der Waals surface area contributed by atoms with Crippen molar-refractivity contribution in [2.24, 2.45) is 23.7 Å². The third-order valence-corrected chi connectivity index (χ3v) is 9.44. The Morgan fingerprint density at radius 3 is 1.92 bits per heavy atom.